The molecule has 0 spiro atoms. The summed E-state index contributed by atoms with van der Waals surface area (Å²) >= 11 is 0. The fraction of sp³-hybridized carbons (Fsp3) is 0.385. The number of hydrogen-bond acceptors (Lipinski definition) is 2. The summed E-state index contributed by atoms with van der Waals surface area (Å²) < 4.78 is 1.85. The van der Waals surface area contributed by atoms with Crippen molar-refractivity contribution < 1.29 is 0 Å². The lowest BCUT2D eigenvalue weighted by Gasteiger charge is -2.09. The van der Waals surface area contributed by atoms with Gasteiger partial charge in [0, 0.05) is 18.9 Å². The van der Waals surface area contributed by atoms with Crippen molar-refractivity contribution >= 4 is 0 Å². The molecule has 0 amide bonds. The molecule has 0 atom stereocenters. The second-order valence-corrected chi connectivity index (χ2v) is 4.45. The van der Waals surface area contributed by atoms with Gasteiger partial charge in [0.05, 0.1) is 11.4 Å². The first kappa shape index (κ1) is 10.9. The molecule has 0 aliphatic rings. The van der Waals surface area contributed by atoms with Gasteiger partial charge in [0.2, 0.25) is 0 Å². The van der Waals surface area contributed by atoms with Crippen molar-refractivity contribution in [2.75, 3.05) is 0 Å². The van der Waals surface area contributed by atoms with Crippen molar-refractivity contribution in [2.45, 2.75) is 26.7 Å². The first-order valence-corrected chi connectivity index (χ1v) is 5.55. The molecular weight excluding hydrogens is 198 g/mol. The Bertz CT molecular complexity index is 498. The minimum Gasteiger partial charge on any atom is -0.266 e. The van der Waals surface area contributed by atoms with E-state index < -0.39 is 0 Å². The molecule has 2 heterocycles. The van der Waals surface area contributed by atoms with Crippen molar-refractivity contribution in [3.63, 3.8) is 0 Å². The first-order valence-electron chi connectivity index (χ1n) is 5.55. The second-order valence-electron chi connectivity index (χ2n) is 4.45. The van der Waals surface area contributed by atoms with Crippen molar-refractivity contribution in [3.05, 3.63) is 35.7 Å². The Hall–Kier alpha value is -1.64. The molecule has 0 fully saturated rings. The lowest BCUT2D eigenvalue weighted by molar-refractivity contribution is 0.768. The van der Waals surface area contributed by atoms with E-state index in [9.17, 15) is 0 Å². The summed E-state index contributed by atoms with van der Waals surface area (Å²) in [6.45, 7) is 6.43. The zero-order valence-corrected chi connectivity index (χ0v) is 10.2. The zero-order valence-electron chi connectivity index (χ0n) is 10.2. The van der Waals surface area contributed by atoms with Gasteiger partial charge in [0.15, 0.2) is 0 Å². The van der Waals surface area contributed by atoms with E-state index in [2.05, 4.69) is 43.0 Å². The number of aromatic nitrogens is 3. The van der Waals surface area contributed by atoms with Gasteiger partial charge in [-0.3, -0.25) is 9.67 Å². The maximum absolute atomic E-state index is 4.68. The largest absolute Gasteiger partial charge is 0.266 e. The molecule has 0 aliphatic heterocycles. The average molecular weight is 215 g/mol. The Morgan fingerprint density at radius 3 is 2.56 bits per heavy atom. The summed E-state index contributed by atoms with van der Waals surface area (Å²) in [7, 11) is 1.94. The summed E-state index contributed by atoms with van der Waals surface area (Å²) in [6.07, 6.45) is 1.80. The van der Waals surface area contributed by atoms with Gasteiger partial charge in [-0.1, -0.05) is 13.8 Å². The van der Waals surface area contributed by atoms with Crippen LogP contribution in [0.2, 0.25) is 0 Å². The van der Waals surface area contributed by atoms with Crippen LogP contribution in [0.4, 0.5) is 0 Å². The predicted octanol–water partition coefficient (Wildman–Crippen LogP) is 2.91. The second kappa shape index (κ2) is 4.08. The normalized spacial score (nSPS) is 11.1. The Kier molecular flexibility index (Phi) is 2.77. The first-order chi connectivity index (χ1) is 7.58. The molecule has 0 aromatic carbocycles. The lowest BCUT2D eigenvalue weighted by atomic mass is 10.1. The number of hydrogen-bond donors (Lipinski definition) is 0. The molecule has 0 bridgehead atoms. The third-order valence-electron chi connectivity index (χ3n) is 2.66. The summed E-state index contributed by atoms with van der Waals surface area (Å²) in [4.78, 5) is 4.68. The van der Waals surface area contributed by atoms with Crippen LogP contribution in [0.1, 0.15) is 31.0 Å². The summed E-state index contributed by atoms with van der Waals surface area (Å²) in [5.41, 5.74) is 4.44. The SMILES string of the molecule is Cc1cc(-c2ccnn2C)nc(C(C)C)c1. The minimum absolute atomic E-state index is 0.451. The van der Waals surface area contributed by atoms with E-state index in [4.69, 9.17) is 0 Å². The molecule has 0 radical (unpaired) electrons. The minimum atomic E-state index is 0.451. The maximum atomic E-state index is 4.68. The molecule has 3 heteroatoms. The van der Waals surface area contributed by atoms with E-state index in [1.165, 1.54) is 5.56 Å². The predicted molar refractivity (Wildman–Crippen MR) is 65.3 cm³/mol. The molecule has 2 rings (SSSR count). The molecule has 3 nitrogen and oxygen atoms in total. The van der Waals surface area contributed by atoms with Crippen LogP contribution in [0, 0.1) is 6.92 Å². The fourth-order valence-electron chi connectivity index (χ4n) is 1.75. The highest BCUT2D eigenvalue weighted by Crippen LogP contribution is 2.21. The molecule has 0 saturated carbocycles. The van der Waals surface area contributed by atoms with Crippen LogP contribution in [0.3, 0.4) is 0 Å². The van der Waals surface area contributed by atoms with E-state index in [1.807, 2.05) is 17.8 Å². The molecule has 0 unspecified atom stereocenters. The molecule has 84 valence electrons. The topological polar surface area (TPSA) is 30.7 Å². The van der Waals surface area contributed by atoms with Gasteiger partial charge < -0.3 is 0 Å². The zero-order chi connectivity index (χ0) is 11.7. The highest BCUT2D eigenvalue weighted by atomic mass is 15.3. The summed E-state index contributed by atoms with van der Waals surface area (Å²) in [6, 6.07) is 6.24. The van der Waals surface area contributed by atoms with Gasteiger partial charge in [-0.05, 0) is 36.6 Å². The van der Waals surface area contributed by atoms with Crippen LogP contribution < -0.4 is 0 Å². The monoisotopic (exact) mass is 215 g/mol. The van der Waals surface area contributed by atoms with Gasteiger partial charge in [0.25, 0.3) is 0 Å². The molecule has 0 N–H and O–H groups in total. The third kappa shape index (κ3) is 1.98. The Morgan fingerprint density at radius 2 is 2.00 bits per heavy atom. The Balaban J connectivity index is 2.54. The smallest absolute Gasteiger partial charge is 0.0888 e. The van der Waals surface area contributed by atoms with E-state index in [0.29, 0.717) is 5.92 Å². The van der Waals surface area contributed by atoms with E-state index in [1.54, 1.807) is 6.20 Å². The molecule has 0 saturated heterocycles. The highest BCUT2D eigenvalue weighted by Gasteiger charge is 2.08. The number of pyridine rings is 1. The van der Waals surface area contributed by atoms with Gasteiger partial charge in [-0.15, -0.1) is 0 Å². The number of aryl methyl sites for hydroxylation is 2. The van der Waals surface area contributed by atoms with Crippen LogP contribution >= 0.6 is 0 Å². The Morgan fingerprint density at radius 1 is 1.25 bits per heavy atom. The number of nitrogens with zero attached hydrogens (tertiary/aromatic N) is 3. The molecule has 0 aliphatic carbocycles. The highest BCUT2D eigenvalue weighted by molar-refractivity contribution is 5.55. The molecule has 16 heavy (non-hydrogen) atoms. The van der Waals surface area contributed by atoms with Crippen molar-refractivity contribution in [1.29, 1.82) is 0 Å². The van der Waals surface area contributed by atoms with Crippen LogP contribution in [-0.4, -0.2) is 14.8 Å². The quantitative estimate of drug-likeness (QED) is 0.771. The van der Waals surface area contributed by atoms with Crippen molar-refractivity contribution in [3.8, 4) is 11.4 Å². The molecule has 2 aromatic rings. The summed E-state index contributed by atoms with van der Waals surface area (Å²) in [5, 5.41) is 4.17. The van der Waals surface area contributed by atoms with Crippen molar-refractivity contribution in [2.24, 2.45) is 7.05 Å². The van der Waals surface area contributed by atoms with Gasteiger partial charge in [0.1, 0.15) is 0 Å². The van der Waals surface area contributed by atoms with Crippen LogP contribution in [0.15, 0.2) is 24.4 Å². The van der Waals surface area contributed by atoms with Gasteiger partial charge in [-0.2, -0.15) is 5.10 Å². The Labute approximate surface area is 96.1 Å². The van der Waals surface area contributed by atoms with Gasteiger partial charge in [-0.25, -0.2) is 0 Å². The summed E-state index contributed by atoms with van der Waals surface area (Å²) in [5.74, 6) is 0.451. The number of rotatable bonds is 2. The van der Waals surface area contributed by atoms with E-state index in [0.717, 1.165) is 17.1 Å². The van der Waals surface area contributed by atoms with Gasteiger partial charge >= 0.3 is 0 Å². The standard InChI is InChI=1S/C13H17N3/c1-9(2)11-7-10(3)8-12(15-11)13-5-6-14-16(13)4/h5-9H,1-4H3. The van der Waals surface area contributed by atoms with Crippen LogP contribution in [0.5, 0.6) is 0 Å². The molecule has 2 aromatic heterocycles. The van der Waals surface area contributed by atoms with E-state index >= 15 is 0 Å². The fourth-order valence-corrected chi connectivity index (χ4v) is 1.75. The van der Waals surface area contributed by atoms with Crippen molar-refractivity contribution in [1.82, 2.24) is 14.8 Å². The third-order valence-corrected chi connectivity index (χ3v) is 2.66. The van der Waals surface area contributed by atoms with Crippen LogP contribution in [-0.2, 0) is 7.05 Å². The molecular formula is C13H17N3. The van der Waals surface area contributed by atoms with Crippen LogP contribution in [0.25, 0.3) is 11.4 Å². The lowest BCUT2D eigenvalue weighted by Crippen LogP contribution is -1.99. The average Bonchev–Trinajstić information content (AvgIpc) is 2.63. The van der Waals surface area contributed by atoms with E-state index in [-0.39, 0.29) is 0 Å². The maximum Gasteiger partial charge on any atom is 0.0888 e.